The molecule has 0 aliphatic carbocycles. The van der Waals surface area contributed by atoms with Gasteiger partial charge in [-0.15, -0.1) is 5.10 Å². The van der Waals surface area contributed by atoms with Crippen LogP contribution in [0.15, 0.2) is 41.7 Å². The number of benzene rings is 1. The molecule has 0 radical (unpaired) electrons. The molecule has 0 spiro atoms. The van der Waals surface area contributed by atoms with Crippen LogP contribution in [0.25, 0.3) is 11.3 Å². The molecule has 0 unspecified atom stereocenters. The van der Waals surface area contributed by atoms with Gasteiger partial charge in [0.05, 0.1) is 11.9 Å². The number of aromatic nitrogens is 3. The molecular formula is C18H25N3S. The molecule has 22 heavy (non-hydrogen) atoms. The molecule has 2 rings (SSSR count). The van der Waals surface area contributed by atoms with Crippen LogP contribution < -0.4 is 0 Å². The second-order valence-electron chi connectivity index (χ2n) is 5.46. The third kappa shape index (κ3) is 6.14. The summed E-state index contributed by atoms with van der Waals surface area (Å²) < 4.78 is 0. The highest BCUT2D eigenvalue weighted by atomic mass is 32.2. The van der Waals surface area contributed by atoms with Gasteiger partial charge in [0.15, 0.2) is 0 Å². The highest BCUT2D eigenvalue weighted by molar-refractivity contribution is 7.99. The maximum absolute atomic E-state index is 4.59. The van der Waals surface area contributed by atoms with E-state index in [9.17, 15) is 0 Å². The fraction of sp³-hybridized carbons (Fsp3) is 0.500. The van der Waals surface area contributed by atoms with Crippen LogP contribution >= 0.6 is 11.8 Å². The van der Waals surface area contributed by atoms with E-state index in [0.717, 1.165) is 22.2 Å². The van der Waals surface area contributed by atoms with Crippen LogP contribution in [0.3, 0.4) is 0 Å². The molecule has 0 aliphatic rings. The highest BCUT2D eigenvalue weighted by Gasteiger charge is 2.03. The molecule has 4 heteroatoms. The van der Waals surface area contributed by atoms with E-state index in [0.29, 0.717) is 0 Å². The summed E-state index contributed by atoms with van der Waals surface area (Å²) in [5, 5.41) is 8.99. The average molecular weight is 315 g/mol. The summed E-state index contributed by atoms with van der Waals surface area (Å²) in [6.45, 7) is 2.26. The summed E-state index contributed by atoms with van der Waals surface area (Å²) in [6, 6.07) is 10.1. The minimum Gasteiger partial charge on any atom is -0.219 e. The first kappa shape index (κ1) is 16.9. The third-order valence-corrected chi connectivity index (χ3v) is 4.51. The van der Waals surface area contributed by atoms with Gasteiger partial charge in [0.25, 0.3) is 0 Å². The third-order valence-electron chi connectivity index (χ3n) is 3.59. The van der Waals surface area contributed by atoms with Crippen molar-refractivity contribution in [2.45, 2.75) is 57.0 Å². The fourth-order valence-corrected chi connectivity index (χ4v) is 3.12. The molecule has 0 amide bonds. The van der Waals surface area contributed by atoms with Crippen molar-refractivity contribution in [2.24, 2.45) is 0 Å². The predicted octanol–water partition coefficient (Wildman–Crippen LogP) is 5.38. The quantitative estimate of drug-likeness (QED) is 0.436. The smallest absolute Gasteiger partial charge is 0.209 e. The van der Waals surface area contributed by atoms with Crippen LogP contribution in [0.4, 0.5) is 0 Å². The highest BCUT2D eigenvalue weighted by Crippen LogP contribution is 2.20. The van der Waals surface area contributed by atoms with E-state index in [4.69, 9.17) is 0 Å². The Morgan fingerprint density at radius 1 is 0.909 bits per heavy atom. The maximum atomic E-state index is 4.59. The van der Waals surface area contributed by atoms with Crippen LogP contribution in [-0.2, 0) is 0 Å². The molecular weight excluding hydrogens is 290 g/mol. The molecule has 2 aromatic rings. The SMILES string of the molecule is CCCCCCCCCSc1nncc(-c2ccccc2)n1. The van der Waals surface area contributed by atoms with Crippen molar-refractivity contribution >= 4 is 11.8 Å². The largest absolute Gasteiger partial charge is 0.219 e. The molecule has 1 aromatic carbocycles. The topological polar surface area (TPSA) is 38.7 Å². The van der Waals surface area contributed by atoms with E-state index in [1.165, 1.54) is 44.9 Å². The Morgan fingerprint density at radius 3 is 2.41 bits per heavy atom. The Morgan fingerprint density at radius 2 is 1.64 bits per heavy atom. The summed E-state index contributed by atoms with van der Waals surface area (Å²) in [5.41, 5.74) is 1.99. The number of unbranched alkanes of at least 4 members (excludes halogenated alkanes) is 6. The van der Waals surface area contributed by atoms with Crippen molar-refractivity contribution in [3.63, 3.8) is 0 Å². The number of thioether (sulfide) groups is 1. The lowest BCUT2D eigenvalue weighted by Gasteiger charge is -2.03. The van der Waals surface area contributed by atoms with Crippen LogP contribution in [0.1, 0.15) is 51.9 Å². The van der Waals surface area contributed by atoms with Gasteiger partial charge < -0.3 is 0 Å². The Kier molecular flexibility index (Phi) is 7.96. The average Bonchev–Trinajstić information content (AvgIpc) is 2.58. The minimum absolute atomic E-state index is 0.785. The first-order valence-corrected chi connectivity index (χ1v) is 9.26. The molecule has 1 aromatic heterocycles. The zero-order valence-electron chi connectivity index (χ0n) is 13.4. The Labute approximate surface area is 138 Å². The zero-order chi connectivity index (χ0) is 15.5. The van der Waals surface area contributed by atoms with Gasteiger partial charge in [0, 0.05) is 11.3 Å². The summed E-state index contributed by atoms with van der Waals surface area (Å²) in [6.07, 6.45) is 11.1. The van der Waals surface area contributed by atoms with Gasteiger partial charge >= 0.3 is 0 Å². The monoisotopic (exact) mass is 315 g/mol. The van der Waals surface area contributed by atoms with Crippen molar-refractivity contribution in [3.8, 4) is 11.3 Å². The molecule has 0 fully saturated rings. The van der Waals surface area contributed by atoms with Gasteiger partial charge in [-0.1, -0.05) is 87.5 Å². The van der Waals surface area contributed by atoms with E-state index < -0.39 is 0 Å². The Balaban J connectivity index is 1.70. The van der Waals surface area contributed by atoms with E-state index in [1.54, 1.807) is 18.0 Å². The van der Waals surface area contributed by atoms with E-state index in [1.807, 2.05) is 18.2 Å². The van der Waals surface area contributed by atoms with Crippen molar-refractivity contribution in [2.75, 3.05) is 5.75 Å². The van der Waals surface area contributed by atoms with Gasteiger partial charge in [-0.05, 0) is 6.42 Å². The van der Waals surface area contributed by atoms with E-state index >= 15 is 0 Å². The molecule has 0 bridgehead atoms. The van der Waals surface area contributed by atoms with E-state index in [-0.39, 0.29) is 0 Å². The second-order valence-corrected chi connectivity index (χ2v) is 6.52. The number of nitrogens with zero attached hydrogens (tertiary/aromatic N) is 3. The number of rotatable bonds is 10. The summed E-state index contributed by atoms with van der Waals surface area (Å²) in [7, 11) is 0. The molecule has 0 saturated heterocycles. The molecule has 3 nitrogen and oxygen atoms in total. The first-order chi connectivity index (χ1) is 10.9. The molecule has 0 N–H and O–H groups in total. The van der Waals surface area contributed by atoms with Gasteiger partial charge in [-0.3, -0.25) is 0 Å². The lowest BCUT2D eigenvalue weighted by Crippen LogP contribution is -1.94. The van der Waals surface area contributed by atoms with Gasteiger partial charge in [-0.2, -0.15) is 5.10 Å². The predicted molar refractivity (Wildman–Crippen MR) is 94.0 cm³/mol. The lowest BCUT2D eigenvalue weighted by atomic mass is 10.1. The summed E-state index contributed by atoms with van der Waals surface area (Å²) >= 11 is 1.71. The standard InChI is InChI=1S/C18H25N3S/c1-2-3-4-5-6-7-11-14-22-18-20-17(15-19-21-18)16-12-9-8-10-13-16/h8-10,12-13,15H,2-7,11,14H2,1H3. The Hall–Kier alpha value is -1.42. The molecule has 0 saturated carbocycles. The van der Waals surface area contributed by atoms with Gasteiger partial charge in [-0.25, -0.2) is 4.98 Å². The maximum Gasteiger partial charge on any atom is 0.209 e. The molecule has 1 heterocycles. The van der Waals surface area contributed by atoms with Crippen LogP contribution in [0.5, 0.6) is 0 Å². The zero-order valence-corrected chi connectivity index (χ0v) is 14.2. The minimum atomic E-state index is 0.785. The second kappa shape index (κ2) is 10.3. The fourth-order valence-electron chi connectivity index (χ4n) is 2.32. The normalized spacial score (nSPS) is 10.8. The summed E-state index contributed by atoms with van der Waals surface area (Å²) in [5.74, 6) is 1.08. The van der Waals surface area contributed by atoms with Crippen molar-refractivity contribution in [1.82, 2.24) is 15.2 Å². The van der Waals surface area contributed by atoms with Crippen LogP contribution in [0, 0.1) is 0 Å². The molecule has 118 valence electrons. The lowest BCUT2D eigenvalue weighted by molar-refractivity contribution is 0.603. The van der Waals surface area contributed by atoms with Crippen LogP contribution in [-0.4, -0.2) is 20.9 Å². The van der Waals surface area contributed by atoms with E-state index in [2.05, 4.69) is 34.2 Å². The Bertz CT molecular complexity index is 531. The molecule has 0 aliphatic heterocycles. The first-order valence-electron chi connectivity index (χ1n) is 8.28. The van der Waals surface area contributed by atoms with Crippen molar-refractivity contribution in [1.29, 1.82) is 0 Å². The number of hydrogen-bond donors (Lipinski definition) is 0. The van der Waals surface area contributed by atoms with Crippen molar-refractivity contribution < 1.29 is 0 Å². The van der Waals surface area contributed by atoms with Crippen molar-refractivity contribution in [3.05, 3.63) is 36.5 Å². The van der Waals surface area contributed by atoms with Gasteiger partial charge in [0.1, 0.15) is 0 Å². The molecule has 0 atom stereocenters. The van der Waals surface area contributed by atoms with Gasteiger partial charge in [0.2, 0.25) is 5.16 Å². The number of hydrogen-bond acceptors (Lipinski definition) is 4. The summed E-state index contributed by atoms with van der Waals surface area (Å²) in [4.78, 5) is 4.59. The van der Waals surface area contributed by atoms with Crippen LogP contribution in [0.2, 0.25) is 0 Å².